The molecule has 0 aromatic carbocycles. The van der Waals surface area contributed by atoms with Crippen LogP contribution in [0.3, 0.4) is 0 Å². The number of urea groups is 1. The molecule has 3 atom stereocenters. The van der Waals surface area contributed by atoms with E-state index in [9.17, 15) is 9.59 Å². The second-order valence-electron chi connectivity index (χ2n) is 5.85. The van der Waals surface area contributed by atoms with E-state index in [0.717, 1.165) is 0 Å². The topological polar surface area (TPSA) is 69.6 Å². The van der Waals surface area contributed by atoms with Gasteiger partial charge < -0.3 is 15.3 Å². The van der Waals surface area contributed by atoms with E-state index in [4.69, 9.17) is 5.11 Å². The molecule has 3 unspecified atom stereocenters. The molecule has 1 saturated heterocycles. The first kappa shape index (κ1) is 11.8. The normalized spacial score (nSPS) is 36.6. The van der Waals surface area contributed by atoms with Crippen molar-refractivity contribution in [2.24, 2.45) is 11.8 Å². The van der Waals surface area contributed by atoms with Crippen molar-refractivity contribution < 1.29 is 14.7 Å². The summed E-state index contributed by atoms with van der Waals surface area (Å²) in [5.41, 5.74) is 0. The van der Waals surface area contributed by atoms with Gasteiger partial charge in [-0.1, -0.05) is 19.3 Å². The average Bonchev–Trinajstić information content (AvgIpc) is 3.08. The highest BCUT2D eigenvalue weighted by Crippen LogP contribution is 2.38. The van der Waals surface area contributed by atoms with Crippen molar-refractivity contribution in [1.29, 1.82) is 0 Å². The first-order valence-corrected chi connectivity index (χ1v) is 6.97. The Morgan fingerprint density at radius 3 is 2.61 bits per heavy atom. The summed E-state index contributed by atoms with van der Waals surface area (Å²) in [5.74, 6) is -0.510. The lowest BCUT2D eigenvalue weighted by Gasteiger charge is -2.26. The minimum Gasteiger partial charge on any atom is -0.481 e. The number of amides is 2. The van der Waals surface area contributed by atoms with Crippen LogP contribution in [0.15, 0.2) is 0 Å². The summed E-state index contributed by atoms with van der Waals surface area (Å²) in [7, 11) is 0. The first-order chi connectivity index (χ1) is 8.66. The standard InChI is InChI=1S/C13H20N2O3/c16-12(17)9-6-11(9)15-7-10(14-13(15)18)8-4-2-1-3-5-8/h8-11H,1-7H2,(H,14,18)(H,16,17). The zero-order chi connectivity index (χ0) is 12.7. The summed E-state index contributed by atoms with van der Waals surface area (Å²) in [5, 5.41) is 12.0. The van der Waals surface area contributed by atoms with E-state index in [-0.39, 0.29) is 24.0 Å². The Hall–Kier alpha value is -1.26. The van der Waals surface area contributed by atoms with Crippen LogP contribution in [0.4, 0.5) is 4.79 Å². The van der Waals surface area contributed by atoms with Crippen LogP contribution < -0.4 is 5.32 Å². The van der Waals surface area contributed by atoms with Gasteiger partial charge in [-0.15, -0.1) is 0 Å². The van der Waals surface area contributed by atoms with Crippen LogP contribution in [0.2, 0.25) is 0 Å². The van der Waals surface area contributed by atoms with Crippen LogP contribution in [-0.4, -0.2) is 40.6 Å². The second kappa shape index (κ2) is 4.44. The summed E-state index contributed by atoms with van der Waals surface area (Å²) >= 11 is 0. The van der Waals surface area contributed by atoms with E-state index >= 15 is 0 Å². The summed E-state index contributed by atoms with van der Waals surface area (Å²) in [6, 6.07) is 0.128. The fraction of sp³-hybridized carbons (Fsp3) is 0.846. The molecular formula is C13H20N2O3. The molecule has 2 N–H and O–H groups in total. The van der Waals surface area contributed by atoms with E-state index in [2.05, 4.69) is 5.32 Å². The zero-order valence-corrected chi connectivity index (χ0v) is 10.5. The van der Waals surface area contributed by atoms with Gasteiger partial charge in [0.2, 0.25) is 0 Å². The van der Waals surface area contributed by atoms with Crippen molar-refractivity contribution in [2.45, 2.75) is 50.6 Å². The number of carboxylic acid groups (broad SMARTS) is 1. The van der Waals surface area contributed by atoms with Crippen LogP contribution >= 0.6 is 0 Å². The fourth-order valence-electron chi connectivity index (χ4n) is 3.46. The molecular weight excluding hydrogens is 232 g/mol. The highest BCUT2D eigenvalue weighted by Gasteiger charge is 2.51. The van der Waals surface area contributed by atoms with Gasteiger partial charge in [-0.3, -0.25) is 4.79 Å². The third-order valence-corrected chi connectivity index (χ3v) is 4.66. The molecule has 0 spiro atoms. The number of nitrogens with zero attached hydrogens (tertiary/aromatic N) is 1. The van der Waals surface area contributed by atoms with Gasteiger partial charge in [0.05, 0.1) is 12.0 Å². The molecule has 1 aliphatic heterocycles. The lowest BCUT2D eigenvalue weighted by atomic mass is 9.84. The number of hydrogen-bond donors (Lipinski definition) is 2. The number of nitrogens with one attached hydrogen (secondary N) is 1. The molecule has 2 aliphatic carbocycles. The Balaban J connectivity index is 1.59. The number of carbonyl (C=O) groups excluding carboxylic acids is 1. The van der Waals surface area contributed by atoms with E-state index in [1.165, 1.54) is 32.1 Å². The maximum absolute atomic E-state index is 11.9. The smallest absolute Gasteiger partial charge is 0.318 e. The van der Waals surface area contributed by atoms with Gasteiger partial charge in [-0.05, 0) is 25.2 Å². The highest BCUT2D eigenvalue weighted by atomic mass is 16.4. The third-order valence-electron chi connectivity index (χ3n) is 4.66. The van der Waals surface area contributed by atoms with Crippen LogP contribution in [0.1, 0.15) is 38.5 Å². The van der Waals surface area contributed by atoms with Gasteiger partial charge in [-0.2, -0.15) is 0 Å². The predicted molar refractivity (Wildman–Crippen MR) is 65.1 cm³/mol. The van der Waals surface area contributed by atoms with Gasteiger partial charge in [-0.25, -0.2) is 4.79 Å². The first-order valence-electron chi connectivity index (χ1n) is 6.97. The van der Waals surface area contributed by atoms with E-state index in [0.29, 0.717) is 18.9 Å². The molecule has 100 valence electrons. The van der Waals surface area contributed by atoms with E-state index < -0.39 is 5.97 Å². The minimum atomic E-state index is -0.770. The van der Waals surface area contributed by atoms with Crippen molar-refractivity contribution in [3.63, 3.8) is 0 Å². The zero-order valence-electron chi connectivity index (χ0n) is 10.5. The van der Waals surface area contributed by atoms with E-state index in [1.807, 2.05) is 0 Å². The third kappa shape index (κ3) is 2.06. The highest BCUT2D eigenvalue weighted by molar-refractivity contribution is 5.81. The summed E-state index contributed by atoms with van der Waals surface area (Å²) < 4.78 is 0. The monoisotopic (exact) mass is 252 g/mol. The maximum atomic E-state index is 11.9. The maximum Gasteiger partial charge on any atom is 0.318 e. The molecule has 3 aliphatic rings. The Labute approximate surface area is 107 Å². The number of hydrogen-bond acceptors (Lipinski definition) is 2. The molecule has 5 nitrogen and oxygen atoms in total. The molecule has 3 rings (SSSR count). The molecule has 1 heterocycles. The molecule has 2 saturated carbocycles. The molecule has 18 heavy (non-hydrogen) atoms. The van der Waals surface area contributed by atoms with Gasteiger partial charge >= 0.3 is 12.0 Å². The fourth-order valence-corrected chi connectivity index (χ4v) is 3.46. The van der Waals surface area contributed by atoms with Crippen LogP contribution in [0.25, 0.3) is 0 Å². The van der Waals surface area contributed by atoms with Gasteiger partial charge in [0.1, 0.15) is 0 Å². The predicted octanol–water partition coefficient (Wildman–Crippen LogP) is 1.43. The molecule has 0 aromatic rings. The van der Waals surface area contributed by atoms with Crippen molar-refractivity contribution in [3.8, 4) is 0 Å². The molecule has 0 radical (unpaired) electrons. The largest absolute Gasteiger partial charge is 0.481 e. The SMILES string of the molecule is O=C(O)C1CC1N1CC(C2CCCCC2)NC1=O. The Morgan fingerprint density at radius 1 is 1.28 bits per heavy atom. The summed E-state index contributed by atoms with van der Waals surface area (Å²) in [6.45, 7) is 0.706. The molecule has 0 bridgehead atoms. The van der Waals surface area contributed by atoms with Gasteiger partial charge in [0.15, 0.2) is 0 Å². The van der Waals surface area contributed by atoms with Crippen LogP contribution in [0.5, 0.6) is 0 Å². The number of rotatable bonds is 3. The van der Waals surface area contributed by atoms with Crippen molar-refractivity contribution in [2.75, 3.05) is 6.54 Å². The summed E-state index contributed by atoms with van der Waals surface area (Å²) in [6.07, 6.45) is 6.86. The minimum absolute atomic E-state index is 0.0562. The Morgan fingerprint density at radius 2 is 2.00 bits per heavy atom. The van der Waals surface area contributed by atoms with Crippen LogP contribution in [-0.2, 0) is 4.79 Å². The second-order valence-corrected chi connectivity index (χ2v) is 5.85. The number of carboxylic acids is 1. The van der Waals surface area contributed by atoms with Gasteiger partial charge in [0.25, 0.3) is 0 Å². The van der Waals surface area contributed by atoms with Crippen LogP contribution in [0, 0.1) is 11.8 Å². The van der Waals surface area contributed by atoms with Crippen molar-refractivity contribution in [1.82, 2.24) is 10.2 Å². The summed E-state index contributed by atoms with van der Waals surface area (Å²) in [4.78, 5) is 24.5. The number of carbonyl (C=O) groups is 2. The quantitative estimate of drug-likeness (QED) is 0.798. The molecule has 3 fully saturated rings. The lowest BCUT2D eigenvalue weighted by Crippen LogP contribution is -2.35. The lowest BCUT2D eigenvalue weighted by molar-refractivity contribution is -0.138. The molecule has 0 aromatic heterocycles. The van der Waals surface area contributed by atoms with Crippen molar-refractivity contribution in [3.05, 3.63) is 0 Å². The molecule has 5 heteroatoms. The van der Waals surface area contributed by atoms with Crippen molar-refractivity contribution >= 4 is 12.0 Å². The Kier molecular flexibility index (Phi) is 2.92. The Bertz CT molecular complexity index is 365. The van der Waals surface area contributed by atoms with E-state index in [1.54, 1.807) is 4.90 Å². The number of aliphatic carboxylic acids is 1. The molecule has 2 amide bonds. The average molecular weight is 252 g/mol. The van der Waals surface area contributed by atoms with Gasteiger partial charge in [0, 0.05) is 12.6 Å².